The maximum absolute atomic E-state index is 12.7. The number of carbonyl (C=O) groups is 1. The first-order valence-corrected chi connectivity index (χ1v) is 10.2. The van der Waals surface area contributed by atoms with E-state index in [-0.39, 0.29) is 11.3 Å². The summed E-state index contributed by atoms with van der Waals surface area (Å²) in [5.74, 6) is 0.233. The smallest absolute Gasteiger partial charge is 0.222 e. The van der Waals surface area contributed by atoms with Gasteiger partial charge in [0.1, 0.15) is 0 Å². The van der Waals surface area contributed by atoms with Gasteiger partial charge in [-0.25, -0.2) is 0 Å². The SMILES string of the molecule is CN(CCCc1cc(-c2ccccc2)n[nH]1)C(=O)CC1(CN)CCCCC1. The number of rotatable bonds is 8. The van der Waals surface area contributed by atoms with E-state index in [0.29, 0.717) is 13.0 Å². The Labute approximate surface area is 162 Å². The summed E-state index contributed by atoms with van der Waals surface area (Å²) in [4.78, 5) is 14.5. The van der Waals surface area contributed by atoms with Crippen molar-refractivity contribution in [3.8, 4) is 11.3 Å². The molecule has 1 aliphatic carbocycles. The van der Waals surface area contributed by atoms with Gasteiger partial charge in [-0.2, -0.15) is 5.10 Å². The van der Waals surface area contributed by atoms with Gasteiger partial charge in [0.2, 0.25) is 5.91 Å². The number of amides is 1. The highest BCUT2D eigenvalue weighted by Gasteiger charge is 2.33. The number of aromatic nitrogens is 2. The Morgan fingerprint density at radius 1 is 1.22 bits per heavy atom. The number of nitrogens with one attached hydrogen (secondary N) is 1. The van der Waals surface area contributed by atoms with Crippen LogP contribution < -0.4 is 5.73 Å². The molecule has 3 rings (SSSR count). The van der Waals surface area contributed by atoms with Crippen molar-refractivity contribution in [2.45, 2.75) is 51.4 Å². The van der Waals surface area contributed by atoms with E-state index in [9.17, 15) is 4.79 Å². The van der Waals surface area contributed by atoms with Crippen LogP contribution >= 0.6 is 0 Å². The average Bonchev–Trinajstić information content (AvgIpc) is 3.18. The Kier molecular flexibility index (Phi) is 6.67. The van der Waals surface area contributed by atoms with Gasteiger partial charge in [-0.05, 0) is 43.7 Å². The predicted octanol–water partition coefficient (Wildman–Crippen LogP) is 3.77. The number of hydrogen-bond donors (Lipinski definition) is 2. The average molecular weight is 369 g/mol. The summed E-state index contributed by atoms with van der Waals surface area (Å²) in [6.45, 7) is 1.39. The standard InChI is InChI=1S/C22H32N4O/c1-26(21(27)16-22(17-23)12-6-3-7-13-22)14-8-11-19-15-20(25-24-19)18-9-4-2-5-10-18/h2,4-5,9-10,15H,3,6-8,11-14,16-17,23H2,1H3,(H,24,25). The molecule has 2 aromatic rings. The van der Waals surface area contributed by atoms with E-state index in [0.717, 1.165) is 49.2 Å². The Hall–Kier alpha value is -2.14. The summed E-state index contributed by atoms with van der Waals surface area (Å²) in [6, 6.07) is 12.3. The lowest BCUT2D eigenvalue weighted by molar-refractivity contribution is -0.133. The number of nitrogens with zero attached hydrogens (tertiary/aromatic N) is 2. The molecule has 0 saturated heterocycles. The Balaban J connectivity index is 1.46. The molecule has 1 amide bonds. The number of hydrogen-bond acceptors (Lipinski definition) is 3. The van der Waals surface area contributed by atoms with Crippen LogP contribution in [0, 0.1) is 5.41 Å². The number of carbonyl (C=O) groups excluding carboxylic acids is 1. The molecule has 0 spiro atoms. The van der Waals surface area contributed by atoms with Crippen molar-refractivity contribution in [3.05, 3.63) is 42.1 Å². The number of nitrogens with two attached hydrogens (primary N) is 1. The molecule has 1 saturated carbocycles. The molecule has 0 unspecified atom stereocenters. The molecular formula is C22H32N4O. The summed E-state index contributed by atoms with van der Waals surface area (Å²) >= 11 is 0. The van der Waals surface area contributed by atoms with Crippen molar-refractivity contribution in [2.24, 2.45) is 11.1 Å². The van der Waals surface area contributed by atoms with E-state index < -0.39 is 0 Å². The fourth-order valence-electron chi connectivity index (χ4n) is 4.09. The van der Waals surface area contributed by atoms with E-state index >= 15 is 0 Å². The van der Waals surface area contributed by atoms with Crippen LogP contribution in [0.4, 0.5) is 0 Å². The van der Waals surface area contributed by atoms with Crippen LogP contribution in [0.3, 0.4) is 0 Å². The third-order valence-electron chi connectivity index (χ3n) is 5.94. The molecule has 1 aromatic carbocycles. The Morgan fingerprint density at radius 2 is 1.96 bits per heavy atom. The molecule has 1 heterocycles. The molecule has 1 aliphatic rings. The van der Waals surface area contributed by atoms with Crippen LogP contribution in [-0.4, -0.2) is 41.1 Å². The van der Waals surface area contributed by atoms with Crippen LogP contribution in [0.2, 0.25) is 0 Å². The van der Waals surface area contributed by atoms with E-state index in [2.05, 4.69) is 28.4 Å². The predicted molar refractivity (Wildman–Crippen MR) is 109 cm³/mol. The Morgan fingerprint density at radius 3 is 2.67 bits per heavy atom. The van der Waals surface area contributed by atoms with Gasteiger partial charge >= 0.3 is 0 Å². The number of H-pyrrole nitrogens is 1. The fraction of sp³-hybridized carbons (Fsp3) is 0.545. The molecule has 1 fully saturated rings. The summed E-state index contributed by atoms with van der Waals surface area (Å²) in [5.41, 5.74) is 9.27. The van der Waals surface area contributed by atoms with Crippen LogP contribution in [0.15, 0.2) is 36.4 Å². The first kappa shape index (κ1) is 19.6. The van der Waals surface area contributed by atoms with Crippen molar-refractivity contribution in [1.29, 1.82) is 0 Å². The van der Waals surface area contributed by atoms with E-state index in [1.54, 1.807) is 0 Å². The minimum atomic E-state index is 0.0392. The maximum Gasteiger partial charge on any atom is 0.222 e. The van der Waals surface area contributed by atoms with Gasteiger partial charge in [0, 0.05) is 31.3 Å². The summed E-state index contributed by atoms with van der Waals surface area (Å²) < 4.78 is 0. The van der Waals surface area contributed by atoms with Crippen molar-refractivity contribution in [2.75, 3.05) is 20.1 Å². The minimum absolute atomic E-state index is 0.0392. The van der Waals surface area contributed by atoms with Crippen molar-refractivity contribution in [3.63, 3.8) is 0 Å². The molecule has 5 heteroatoms. The van der Waals surface area contributed by atoms with Gasteiger partial charge in [0.25, 0.3) is 0 Å². The molecule has 146 valence electrons. The highest BCUT2D eigenvalue weighted by atomic mass is 16.2. The first-order chi connectivity index (χ1) is 13.1. The lowest BCUT2D eigenvalue weighted by Crippen LogP contribution is -2.39. The fourth-order valence-corrected chi connectivity index (χ4v) is 4.09. The lowest BCUT2D eigenvalue weighted by Gasteiger charge is -2.36. The molecule has 0 radical (unpaired) electrons. The molecule has 3 N–H and O–H groups in total. The maximum atomic E-state index is 12.7. The zero-order valence-electron chi connectivity index (χ0n) is 16.4. The summed E-state index contributed by atoms with van der Waals surface area (Å²) in [5, 5.41) is 7.52. The Bertz CT molecular complexity index is 719. The lowest BCUT2D eigenvalue weighted by atomic mass is 9.71. The van der Waals surface area contributed by atoms with Gasteiger partial charge in [0.15, 0.2) is 0 Å². The van der Waals surface area contributed by atoms with Crippen molar-refractivity contribution >= 4 is 5.91 Å². The van der Waals surface area contributed by atoms with Crippen LogP contribution in [0.1, 0.15) is 50.6 Å². The van der Waals surface area contributed by atoms with Crippen LogP contribution in [0.25, 0.3) is 11.3 Å². The summed E-state index contributed by atoms with van der Waals surface area (Å²) in [7, 11) is 1.91. The van der Waals surface area contributed by atoms with E-state index in [1.165, 1.54) is 19.3 Å². The third kappa shape index (κ3) is 5.19. The number of aryl methyl sites for hydroxylation is 1. The molecule has 1 aromatic heterocycles. The second kappa shape index (κ2) is 9.18. The van der Waals surface area contributed by atoms with Crippen LogP contribution in [0.5, 0.6) is 0 Å². The molecule has 27 heavy (non-hydrogen) atoms. The zero-order valence-corrected chi connectivity index (χ0v) is 16.4. The van der Waals surface area contributed by atoms with Gasteiger partial charge in [0.05, 0.1) is 5.69 Å². The monoisotopic (exact) mass is 368 g/mol. The summed E-state index contributed by atoms with van der Waals surface area (Å²) in [6.07, 6.45) is 8.30. The van der Waals surface area contributed by atoms with Crippen molar-refractivity contribution < 1.29 is 4.79 Å². The topological polar surface area (TPSA) is 75.0 Å². The second-order valence-electron chi connectivity index (χ2n) is 8.00. The molecule has 5 nitrogen and oxygen atoms in total. The normalized spacial score (nSPS) is 16.2. The molecule has 0 atom stereocenters. The van der Waals surface area contributed by atoms with Gasteiger partial charge in [-0.3, -0.25) is 9.89 Å². The molecule has 0 bridgehead atoms. The van der Waals surface area contributed by atoms with Crippen LogP contribution in [-0.2, 0) is 11.2 Å². The number of aromatic amines is 1. The highest BCUT2D eigenvalue weighted by Crippen LogP contribution is 2.38. The van der Waals surface area contributed by atoms with E-state index in [1.807, 2.05) is 30.1 Å². The van der Waals surface area contributed by atoms with Gasteiger partial charge in [-0.1, -0.05) is 49.6 Å². The highest BCUT2D eigenvalue weighted by molar-refractivity contribution is 5.76. The first-order valence-electron chi connectivity index (χ1n) is 10.2. The zero-order chi connectivity index (χ0) is 19.1. The van der Waals surface area contributed by atoms with Crippen molar-refractivity contribution in [1.82, 2.24) is 15.1 Å². The second-order valence-corrected chi connectivity index (χ2v) is 8.00. The van der Waals surface area contributed by atoms with Gasteiger partial charge in [-0.15, -0.1) is 0 Å². The van der Waals surface area contributed by atoms with Gasteiger partial charge < -0.3 is 10.6 Å². The largest absolute Gasteiger partial charge is 0.346 e. The number of benzene rings is 1. The molecular weight excluding hydrogens is 336 g/mol. The van der Waals surface area contributed by atoms with E-state index in [4.69, 9.17) is 5.73 Å². The minimum Gasteiger partial charge on any atom is -0.346 e. The molecule has 0 aliphatic heterocycles. The quantitative estimate of drug-likeness (QED) is 0.745. The third-order valence-corrected chi connectivity index (χ3v) is 5.94.